The highest BCUT2D eigenvalue weighted by molar-refractivity contribution is 6.35. The highest BCUT2D eigenvalue weighted by Crippen LogP contribution is 2.23. The molecule has 0 aliphatic heterocycles. The van der Waals surface area contributed by atoms with Crippen LogP contribution in [0.25, 0.3) is 11.0 Å². The van der Waals surface area contributed by atoms with E-state index < -0.39 is 0 Å². The van der Waals surface area contributed by atoms with Crippen molar-refractivity contribution in [1.29, 1.82) is 0 Å². The molecule has 0 atom stereocenters. The quantitative estimate of drug-likeness (QED) is 0.731. The van der Waals surface area contributed by atoms with Crippen LogP contribution in [0.15, 0.2) is 12.3 Å². The molecule has 0 bridgehead atoms. The van der Waals surface area contributed by atoms with Gasteiger partial charge in [0.05, 0.1) is 23.7 Å². The SMILES string of the molecule is COc1cc(Cl)c2cn[nH]c2n1. The molecule has 0 saturated carbocycles. The van der Waals surface area contributed by atoms with Gasteiger partial charge in [0.1, 0.15) is 0 Å². The van der Waals surface area contributed by atoms with Crippen molar-refractivity contribution in [2.75, 3.05) is 7.11 Å². The fourth-order valence-corrected chi connectivity index (χ4v) is 1.20. The third-order valence-corrected chi connectivity index (χ3v) is 1.87. The van der Waals surface area contributed by atoms with Gasteiger partial charge in [-0.15, -0.1) is 0 Å². The molecule has 4 nitrogen and oxygen atoms in total. The Balaban J connectivity index is 2.75. The summed E-state index contributed by atoms with van der Waals surface area (Å²) in [6.07, 6.45) is 1.63. The third-order valence-electron chi connectivity index (χ3n) is 1.56. The lowest BCUT2D eigenvalue weighted by Crippen LogP contribution is -1.87. The topological polar surface area (TPSA) is 50.8 Å². The van der Waals surface area contributed by atoms with Gasteiger partial charge in [-0.2, -0.15) is 10.1 Å². The molecule has 0 aromatic carbocycles. The maximum atomic E-state index is 5.90. The first-order chi connectivity index (χ1) is 5.81. The lowest BCUT2D eigenvalue weighted by atomic mass is 10.3. The van der Waals surface area contributed by atoms with E-state index in [4.69, 9.17) is 16.3 Å². The number of ether oxygens (including phenoxy) is 1. The minimum atomic E-state index is 0.483. The van der Waals surface area contributed by atoms with E-state index in [2.05, 4.69) is 15.2 Å². The molecule has 0 aliphatic carbocycles. The summed E-state index contributed by atoms with van der Waals surface area (Å²) in [5, 5.41) is 7.91. The van der Waals surface area contributed by atoms with Crippen molar-refractivity contribution in [1.82, 2.24) is 15.2 Å². The molecular weight excluding hydrogens is 178 g/mol. The second-order valence-electron chi connectivity index (χ2n) is 2.28. The molecule has 0 radical (unpaired) electrons. The number of methoxy groups -OCH3 is 1. The van der Waals surface area contributed by atoms with Crippen molar-refractivity contribution in [2.45, 2.75) is 0 Å². The number of aromatic nitrogens is 3. The number of rotatable bonds is 1. The summed E-state index contributed by atoms with van der Waals surface area (Å²) in [4.78, 5) is 4.09. The Morgan fingerprint density at radius 2 is 2.42 bits per heavy atom. The van der Waals surface area contributed by atoms with E-state index in [1.807, 2.05) is 0 Å². The molecular formula is C7H6ClN3O. The molecule has 0 saturated heterocycles. The minimum Gasteiger partial charge on any atom is -0.481 e. The molecule has 0 unspecified atom stereocenters. The van der Waals surface area contributed by atoms with Gasteiger partial charge in [-0.05, 0) is 0 Å². The van der Waals surface area contributed by atoms with Crippen molar-refractivity contribution in [2.24, 2.45) is 0 Å². The van der Waals surface area contributed by atoms with Crippen molar-refractivity contribution >= 4 is 22.6 Å². The zero-order valence-corrected chi connectivity index (χ0v) is 7.09. The number of hydrogen-bond acceptors (Lipinski definition) is 3. The van der Waals surface area contributed by atoms with E-state index in [9.17, 15) is 0 Å². The number of nitrogens with one attached hydrogen (secondary N) is 1. The summed E-state index contributed by atoms with van der Waals surface area (Å²) in [5.74, 6) is 0.483. The van der Waals surface area contributed by atoms with Crippen LogP contribution in [-0.2, 0) is 0 Å². The van der Waals surface area contributed by atoms with Gasteiger partial charge in [0.15, 0.2) is 5.65 Å². The van der Waals surface area contributed by atoms with Gasteiger partial charge in [-0.25, -0.2) is 0 Å². The fraction of sp³-hybridized carbons (Fsp3) is 0.143. The van der Waals surface area contributed by atoms with Crippen LogP contribution in [0.2, 0.25) is 5.02 Å². The minimum absolute atomic E-state index is 0.483. The molecule has 0 fully saturated rings. The summed E-state index contributed by atoms with van der Waals surface area (Å²) in [5.41, 5.74) is 0.638. The number of hydrogen-bond donors (Lipinski definition) is 1. The maximum Gasteiger partial charge on any atom is 0.216 e. The third kappa shape index (κ3) is 1.00. The molecule has 2 aromatic heterocycles. The molecule has 5 heteroatoms. The predicted molar refractivity (Wildman–Crippen MR) is 45.5 cm³/mol. The van der Waals surface area contributed by atoms with E-state index in [1.165, 1.54) is 0 Å². The van der Waals surface area contributed by atoms with Crippen LogP contribution in [-0.4, -0.2) is 22.3 Å². The Hall–Kier alpha value is -1.29. The Kier molecular flexibility index (Phi) is 1.62. The van der Waals surface area contributed by atoms with Gasteiger partial charge in [0, 0.05) is 6.07 Å². The number of H-pyrrole nitrogens is 1. The molecule has 2 rings (SSSR count). The van der Waals surface area contributed by atoms with Crippen molar-refractivity contribution in [3.05, 3.63) is 17.3 Å². The zero-order valence-electron chi connectivity index (χ0n) is 6.34. The lowest BCUT2D eigenvalue weighted by molar-refractivity contribution is 0.399. The van der Waals surface area contributed by atoms with E-state index in [-0.39, 0.29) is 0 Å². The van der Waals surface area contributed by atoms with Crippen molar-refractivity contribution < 1.29 is 4.74 Å². The Labute approximate surface area is 73.5 Å². The van der Waals surface area contributed by atoms with Crippen LogP contribution in [0.1, 0.15) is 0 Å². The highest BCUT2D eigenvalue weighted by Gasteiger charge is 2.04. The fourth-order valence-electron chi connectivity index (χ4n) is 0.973. The predicted octanol–water partition coefficient (Wildman–Crippen LogP) is 1.62. The van der Waals surface area contributed by atoms with Crippen LogP contribution in [0.5, 0.6) is 5.88 Å². The van der Waals surface area contributed by atoms with Crippen LogP contribution < -0.4 is 4.74 Å². The number of fused-ring (bicyclic) bond motifs is 1. The number of aromatic amines is 1. The van der Waals surface area contributed by atoms with E-state index in [1.54, 1.807) is 19.4 Å². The van der Waals surface area contributed by atoms with Crippen LogP contribution in [0.4, 0.5) is 0 Å². The van der Waals surface area contributed by atoms with Crippen LogP contribution in [0.3, 0.4) is 0 Å². The van der Waals surface area contributed by atoms with Gasteiger partial charge in [-0.1, -0.05) is 11.6 Å². The van der Waals surface area contributed by atoms with Crippen LogP contribution in [0, 0.1) is 0 Å². The van der Waals surface area contributed by atoms with Crippen molar-refractivity contribution in [3.8, 4) is 5.88 Å². The van der Waals surface area contributed by atoms with Gasteiger partial charge in [-0.3, -0.25) is 5.10 Å². The van der Waals surface area contributed by atoms with E-state index >= 15 is 0 Å². The van der Waals surface area contributed by atoms with E-state index in [0.29, 0.717) is 16.5 Å². The number of nitrogens with zero attached hydrogens (tertiary/aromatic N) is 2. The molecule has 1 N–H and O–H groups in total. The monoisotopic (exact) mass is 183 g/mol. The average Bonchev–Trinajstić information content (AvgIpc) is 2.52. The average molecular weight is 184 g/mol. The first-order valence-electron chi connectivity index (χ1n) is 3.35. The second-order valence-corrected chi connectivity index (χ2v) is 2.69. The summed E-state index contributed by atoms with van der Waals surface area (Å²) in [6.45, 7) is 0. The Morgan fingerprint density at radius 1 is 1.58 bits per heavy atom. The van der Waals surface area contributed by atoms with Crippen LogP contribution >= 0.6 is 11.6 Å². The van der Waals surface area contributed by atoms with Gasteiger partial charge in [0.2, 0.25) is 5.88 Å². The lowest BCUT2D eigenvalue weighted by Gasteiger charge is -1.98. The molecule has 2 aromatic rings. The number of pyridine rings is 1. The Bertz CT molecular complexity index is 412. The zero-order chi connectivity index (χ0) is 8.55. The Morgan fingerprint density at radius 3 is 3.17 bits per heavy atom. The van der Waals surface area contributed by atoms with Gasteiger partial charge >= 0.3 is 0 Å². The standard InChI is InChI=1S/C7H6ClN3O/c1-12-6-2-5(8)4-3-9-11-7(4)10-6/h2-3H,1H3,(H,9,10,11). The summed E-state index contributed by atoms with van der Waals surface area (Å²) >= 11 is 5.90. The number of halogens is 1. The first kappa shape index (κ1) is 7.36. The van der Waals surface area contributed by atoms with Gasteiger partial charge < -0.3 is 4.74 Å². The van der Waals surface area contributed by atoms with Crippen molar-refractivity contribution in [3.63, 3.8) is 0 Å². The maximum absolute atomic E-state index is 5.90. The molecule has 2 heterocycles. The normalized spacial score (nSPS) is 10.5. The molecule has 0 amide bonds. The largest absolute Gasteiger partial charge is 0.481 e. The molecule has 0 aliphatic rings. The summed E-state index contributed by atoms with van der Waals surface area (Å²) < 4.78 is 4.93. The highest BCUT2D eigenvalue weighted by atomic mass is 35.5. The second kappa shape index (κ2) is 2.64. The molecule has 62 valence electrons. The smallest absolute Gasteiger partial charge is 0.216 e. The van der Waals surface area contributed by atoms with Gasteiger partial charge in [0.25, 0.3) is 0 Å². The summed E-state index contributed by atoms with van der Waals surface area (Å²) in [6, 6.07) is 1.65. The molecule has 12 heavy (non-hydrogen) atoms. The van der Waals surface area contributed by atoms with E-state index in [0.717, 1.165) is 5.39 Å². The first-order valence-corrected chi connectivity index (χ1v) is 3.72. The molecule has 0 spiro atoms. The summed E-state index contributed by atoms with van der Waals surface area (Å²) in [7, 11) is 1.54.